The van der Waals surface area contributed by atoms with Crippen molar-refractivity contribution in [2.24, 2.45) is 4.99 Å². The van der Waals surface area contributed by atoms with E-state index in [0.717, 1.165) is 11.4 Å². The molecule has 1 N–H and O–H groups in total. The Morgan fingerprint density at radius 3 is 1.96 bits per heavy atom. The monoisotopic (exact) mass is 296 g/mol. The van der Waals surface area contributed by atoms with E-state index in [1.807, 2.05) is 18.2 Å². The van der Waals surface area contributed by atoms with Crippen molar-refractivity contribution in [3.8, 4) is 0 Å². The van der Waals surface area contributed by atoms with Crippen molar-refractivity contribution in [3.63, 3.8) is 0 Å². The average molecular weight is 296 g/mol. The molecule has 0 radical (unpaired) electrons. The van der Waals surface area contributed by atoms with Gasteiger partial charge in [0.25, 0.3) is 0 Å². The molecule has 0 saturated carbocycles. The van der Waals surface area contributed by atoms with Crippen LogP contribution in [0.4, 0.5) is 11.4 Å². The fourth-order valence-corrected chi connectivity index (χ4v) is 2.72. The van der Waals surface area contributed by atoms with Gasteiger partial charge < -0.3 is 5.32 Å². The van der Waals surface area contributed by atoms with E-state index in [2.05, 4.69) is 77.0 Å². The number of nitrogens with one attached hydrogen (secondary N) is 1. The maximum absolute atomic E-state index is 4.50. The van der Waals surface area contributed by atoms with Gasteiger partial charge in [0, 0.05) is 5.69 Å². The molecule has 0 aromatic heterocycles. The van der Waals surface area contributed by atoms with Crippen LogP contribution in [-0.4, -0.2) is 6.34 Å². The number of rotatable bonds is 3. The molecule has 23 heavy (non-hydrogen) atoms. The van der Waals surface area contributed by atoms with Gasteiger partial charge in [-0.25, -0.2) is 4.99 Å². The van der Waals surface area contributed by atoms with Gasteiger partial charge in [0.2, 0.25) is 0 Å². The molecular weight excluding hydrogens is 280 g/mol. The summed E-state index contributed by atoms with van der Waals surface area (Å²) >= 11 is 0. The number of hydrogen-bond donors (Lipinski definition) is 1. The summed E-state index contributed by atoms with van der Waals surface area (Å²) in [4.78, 5) is 4.50. The molecular formula is C21H16N2. The van der Waals surface area contributed by atoms with Crippen LogP contribution in [0, 0.1) is 0 Å². The molecule has 0 spiro atoms. The molecule has 110 valence electrons. The Labute approximate surface area is 135 Å². The lowest BCUT2D eigenvalue weighted by Gasteiger charge is -2.03. The molecule has 0 aliphatic rings. The quantitative estimate of drug-likeness (QED) is 0.377. The lowest BCUT2D eigenvalue weighted by molar-refractivity contribution is 1.54. The summed E-state index contributed by atoms with van der Waals surface area (Å²) in [5.41, 5.74) is 1.98. The van der Waals surface area contributed by atoms with Crippen molar-refractivity contribution >= 4 is 39.3 Å². The van der Waals surface area contributed by atoms with E-state index in [4.69, 9.17) is 0 Å². The molecule has 0 saturated heterocycles. The highest BCUT2D eigenvalue weighted by molar-refractivity contribution is 5.90. The van der Waals surface area contributed by atoms with Crippen molar-refractivity contribution < 1.29 is 0 Å². The highest BCUT2D eigenvalue weighted by atomic mass is 14.9. The summed E-state index contributed by atoms with van der Waals surface area (Å²) in [6, 6.07) is 29.1. The fraction of sp³-hybridized carbons (Fsp3) is 0. The molecule has 0 heterocycles. The molecule has 4 aromatic rings. The summed E-state index contributed by atoms with van der Waals surface area (Å²) in [6.45, 7) is 0. The SMILES string of the molecule is C(=Nc1ccc2ccccc2c1)Nc1ccc2ccccc2c1. The van der Waals surface area contributed by atoms with Crippen LogP contribution in [-0.2, 0) is 0 Å². The minimum atomic E-state index is 0.942. The highest BCUT2D eigenvalue weighted by Crippen LogP contribution is 2.21. The first-order valence-corrected chi connectivity index (χ1v) is 7.65. The van der Waals surface area contributed by atoms with Crippen LogP contribution in [0.15, 0.2) is 89.9 Å². The van der Waals surface area contributed by atoms with Gasteiger partial charge >= 0.3 is 0 Å². The first-order chi connectivity index (χ1) is 11.4. The van der Waals surface area contributed by atoms with E-state index < -0.39 is 0 Å². The predicted octanol–water partition coefficient (Wildman–Crippen LogP) is 5.76. The summed E-state index contributed by atoms with van der Waals surface area (Å²) in [6.07, 6.45) is 1.74. The third-order valence-corrected chi connectivity index (χ3v) is 3.93. The predicted molar refractivity (Wildman–Crippen MR) is 99.7 cm³/mol. The first kappa shape index (κ1) is 13.5. The van der Waals surface area contributed by atoms with Crippen molar-refractivity contribution in [1.82, 2.24) is 0 Å². The number of benzene rings is 4. The Kier molecular flexibility index (Phi) is 3.49. The number of anilines is 1. The van der Waals surface area contributed by atoms with Crippen molar-refractivity contribution in [1.29, 1.82) is 0 Å². The number of aliphatic imine (C=N–C) groups is 1. The lowest BCUT2D eigenvalue weighted by Crippen LogP contribution is -1.93. The van der Waals surface area contributed by atoms with Gasteiger partial charge in [-0.15, -0.1) is 0 Å². The van der Waals surface area contributed by atoms with Gasteiger partial charge in [-0.1, -0.05) is 60.7 Å². The minimum absolute atomic E-state index is 0.942. The minimum Gasteiger partial charge on any atom is -0.346 e. The first-order valence-electron chi connectivity index (χ1n) is 7.65. The van der Waals surface area contributed by atoms with E-state index >= 15 is 0 Å². The molecule has 4 rings (SSSR count). The topological polar surface area (TPSA) is 24.4 Å². The van der Waals surface area contributed by atoms with Crippen LogP contribution in [0.2, 0.25) is 0 Å². The second-order valence-corrected chi connectivity index (χ2v) is 5.50. The molecule has 2 heteroatoms. The largest absolute Gasteiger partial charge is 0.346 e. The van der Waals surface area contributed by atoms with Crippen molar-refractivity contribution in [2.45, 2.75) is 0 Å². The Morgan fingerprint density at radius 1 is 0.609 bits per heavy atom. The van der Waals surface area contributed by atoms with Crippen LogP contribution >= 0.6 is 0 Å². The average Bonchev–Trinajstić information content (AvgIpc) is 2.61. The molecule has 4 aromatic carbocycles. The third kappa shape index (κ3) is 2.92. The molecule has 0 aliphatic carbocycles. The normalized spacial score (nSPS) is 11.3. The van der Waals surface area contributed by atoms with E-state index in [-0.39, 0.29) is 0 Å². The molecule has 0 bridgehead atoms. The molecule has 0 unspecified atom stereocenters. The molecule has 0 fully saturated rings. The maximum atomic E-state index is 4.50. The summed E-state index contributed by atoms with van der Waals surface area (Å²) in [7, 11) is 0. The van der Waals surface area contributed by atoms with Crippen molar-refractivity contribution in [3.05, 3.63) is 84.9 Å². The summed E-state index contributed by atoms with van der Waals surface area (Å²) in [5, 5.41) is 8.13. The fourth-order valence-electron chi connectivity index (χ4n) is 2.72. The van der Waals surface area contributed by atoms with Crippen LogP contribution in [0.1, 0.15) is 0 Å². The molecule has 0 aliphatic heterocycles. The Balaban J connectivity index is 1.55. The number of fused-ring (bicyclic) bond motifs is 2. The smallest absolute Gasteiger partial charge is 0.0930 e. The van der Waals surface area contributed by atoms with Crippen LogP contribution < -0.4 is 5.32 Å². The second-order valence-electron chi connectivity index (χ2n) is 5.50. The van der Waals surface area contributed by atoms with Gasteiger partial charge in [0.15, 0.2) is 0 Å². The van der Waals surface area contributed by atoms with E-state index in [9.17, 15) is 0 Å². The van der Waals surface area contributed by atoms with Crippen LogP contribution in [0.25, 0.3) is 21.5 Å². The van der Waals surface area contributed by atoms with Crippen molar-refractivity contribution in [2.75, 3.05) is 5.32 Å². The van der Waals surface area contributed by atoms with Gasteiger partial charge in [-0.3, -0.25) is 0 Å². The summed E-state index contributed by atoms with van der Waals surface area (Å²) < 4.78 is 0. The van der Waals surface area contributed by atoms with Crippen LogP contribution in [0.3, 0.4) is 0 Å². The van der Waals surface area contributed by atoms with E-state index in [1.54, 1.807) is 6.34 Å². The lowest BCUT2D eigenvalue weighted by atomic mass is 10.1. The zero-order valence-electron chi connectivity index (χ0n) is 12.6. The standard InChI is InChI=1S/C21H16N2/c1-3-7-18-13-20(11-9-16(18)5-1)22-15-23-21-12-10-17-6-2-4-8-19(17)14-21/h1-15H,(H,22,23). The Bertz CT molecular complexity index is 1000. The highest BCUT2D eigenvalue weighted by Gasteiger charge is 1.95. The summed E-state index contributed by atoms with van der Waals surface area (Å²) in [5.74, 6) is 0. The third-order valence-electron chi connectivity index (χ3n) is 3.93. The molecule has 2 nitrogen and oxygen atoms in total. The van der Waals surface area contributed by atoms with Gasteiger partial charge in [0.05, 0.1) is 12.0 Å². The maximum Gasteiger partial charge on any atom is 0.0930 e. The number of hydrogen-bond acceptors (Lipinski definition) is 1. The Morgan fingerprint density at radius 2 is 1.22 bits per heavy atom. The van der Waals surface area contributed by atoms with E-state index in [1.165, 1.54) is 21.5 Å². The zero-order valence-corrected chi connectivity index (χ0v) is 12.6. The molecule has 0 atom stereocenters. The molecule has 0 amide bonds. The van der Waals surface area contributed by atoms with E-state index in [0.29, 0.717) is 0 Å². The van der Waals surface area contributed by atoms with Gasteiger partial charge in [-0.2, -0.15) is 0 Å². The zero-order chi connectivity index (χ0) is 15.5. The van der Waals surface area contributed by atoms with Gasteiger partial charge in [-0.05, 0) is 45.8 Å². The number of nitrogens with zero attached hydrogens (tertiary/aromatic N) is 1. The second kappa shape index (κ2) is 5.93. The van der Waals surface area contributed by atoms with Crippen LogP contribution in [0.5, 0.6) is 0 Å². The van der Waals surface area contributed by atoms with Gasteiger partial charge in [0.1, 0.15) is 0 Å². The Hall–Kier alpha value is -3.13.